The van der Waals surface area contributed by atoms with Gasteiger partial charge < -0.3 is 5.73 Å². The summed E-state index contributed by atoms with van der Waals surface area (Å²) in [6, 6.07) is 8.97. The van der Waals surface area contributed by atoms with Gasteiger partial charge in [0, 0.05) is 0 Å². The highest BCUT2D eigenvalue weighted by molar-refractivity contribution is 5.25. The molecule has 0 aliphatic heterocycles. The Bertz CT molecular complexity index is 250. The first-order valence-electron chi connectivity index (χ1n) is 5.60. The first-order chi connectivity index (χ1) is 6.81. The first kappa shape index (κ1) is 11.3. The lowest BCUT2D eigenvalue weighted by atomic mass is 9.92. The van der Waals surface area contributed by atoms with E-state index in [-0.39, 0.29) is 0 Å². The van der Waals surface area contributed by atoms with Gasteiger partial charge >= 0.3 is 0 Å². The summed E-state index contributed by atoms with van der Waals surface area (Å²) in [5.41, 5.74) is 8.45. The number of rotatable bonds is 5. The minimum atomic E-state index is 0.644. The molecule has 0 aliphatic carbocycles. The van der Waals surface area contributed by atoms with Gasteiger partial charge in [-0.2, -0.15) is 0 Å². The Balaban J connectivity index is 2.73. The molecule has 0 saturated heterocycles. The van der Waals surface area contributed by atoms with E-state index in [1.807, 2.05) is 0 Å². The summed E-state index contributed by atoms with van der Waals surface area (Å²) in [6.07, 6.45) is 3.40. The Hall–Kier alpha value is -0.820. The number of hydrogen-bond acceptors (Lipinski definition) is 1. The van der Waals surface area contributed by atoms with Crippen molar-refractivity contribution in [3.05, 3.63) is 35.4 Å². The minimum absolute atomic E-state index is 0.644. The Morgan fingerprint density at radius 3 is 2.21 bits per heavy atom. The second-order valence-electron chi connectivity index (χ2n) is 3.78. The van der Waals surface area contributed by atoms with E-state index < -0.39 is 0 Å². The van der Waals surface area contributed by atoms with Gasteiger partial charge in [0.25, 0.3) is 0 Å². The molecule has 1 heteroatoms. The monoisotopic (exact) mass is 191 g/mol. The first-order valence-corrected chi connectivity index (χ1v) is 5.60. The van der Waals surface area contributed by atoms with Crippen LogP contribution in [0.1, 0.15) is 43.7 Å². The van der Waals surface area contributed by atoms with Crippen molar-refractivity contribution in [1.82, 2.24) is 0 Å². The third-order valence-corrected chi connectivity index (χ3v) is 2.87. The molecule has 0 amide bonds. The molecule has 14 heavy (non-hydrogen) atoms. The predicted octanol–water partition coefficient (Wildman–Crippen LogP) is 3.09. The van der Waals surface area contributed by atoms with Gasteiger partial charge in [-0.15, -0.1) is 0 Å². The molecule has 1 rings (SSSR count). The van der Waals surface area contributed by atoms with Crippen LogP contribution < -0.4 is 5.73 Å². The van der Waals surface area contributed by atoms with Crippen LogP contribution >= 0.6 is 0 Å². The van der Waals surface area contributed by atoms with Crippen molar-refractivity contribution in [3.8, 4) is 0 Å². The van der Waals surface area contributed by atoms with Crippen LogP contribution in [0.4, 0.5) is 0 Å². The fourth-order valence-corrected chi connectivity index (χ4v) is 1.83. The second-order valence-corrected chi connectivity index (χ2v) is 3.78. The normalized spacial score (nSPS) is 12.8. The topological polar surface area (TPSA) is 26.0 Å². The lowest BCUT2D eigenvalue weighted by Gasteiger charge is -2.14. The van der Waals surface area contributed by atoms with Crippen LogP contribution in [-0.4, -0.2) is 6.54 Å². The van der Waals surface area contributed by atoms with Crippen molar-refractivity contribution in [3.63, 3.8) is 0 Å². The zero-order valence-corrected chi connectivity index (χ0v) is 9.29. The molecule has 1 atom stereocenters. The molecule has 0 saturated carbocycles. The van der Waals surface area contributed by atoms with Crippen molar-refractivity contribution in [1.29, 1.82) is 0 Å². The molecule has 0 spiro atoms. The Morgan fingerprint density at radius 2 is 1.79 bits per heavy atom. The van der Waals surface area contributed by atoms with E-state index >= 15 is 0 Å². The van der Waals surface area contributed by atoms with Crippen LogP contribution in [0.2, 0.25) is 0 Å². The molecule has 1 unspecified atom stereocenters. The molecule has 1 nitrogen and oxygen atoms in total. The summed E-state index contributed by atoms with van der Waals surface area (Å²) in [4.78, 5) is 0. The van der Waals surface area contributed by atoms with Gasteiger partial charge in [0.15, 0.2) is 0 Å². The summed E-state index contributed by atoms with van der Waals surface area (Å²) < 4.78 is 0. The molecule has 78 valence electrons. The van der Waals surface area contributed by atoms with E-state index in [9.17, 15) is 0 Å². The summed E-state index contributed by atoms with van der Waals surface area (Å²) in [6.45, 7) is 5.20. The summed E-state index contributed by atoms with van der Waals surface area (Å²) in [7, 11) is 0. The largest absolute Gasteiger partial charge is 0.330 e. The van der Waals surface area contributed by atoms with Gasteiger partial charge in [-0.1, -0.05) is 38.1 Å². The Labute approximate surface area is 87.3 Å². The maximum atomic E-state index is 5.60. The van der Waals surface area contributed by atoms with E-state index in [0.29, 0.717) is 5.92 Å². The van der Waals surface area contributed by atoms with Crippen LogP contribution in [0.25, 0.3) is 0 Å². The third kappa shape index (κ3) is 2.85. The van der Waals surface area contributed by atoms with E-state index in [4.69, 9.17) is 5.73 Å². The van der Waals surface area contributed by atoms with Crippen molar-refractivity contribution in [2.45, 2.75) is 39.0 Å². The maximum absolute atomic E-state index is 5.60. The highest BCUT2D eigenvalue weighted by Gasteiger charge is 2.07. The number of nitrogens with two attached hydrogens (primary N) is 1. The number of benzene rings is 1. The van der Waals surface area contributed by atoms with Crippen LogP contribution in [0.3, 0.4) is 0 Å². The lowest BCUT2D eigenvalue weighted by molar-refractivity contribution is 0.614. The third-order valence-electron chi connectivity index (χ3n) is 2.87. The van der Waals surface area contributed by atoms with Crippen molar-refractivity contribution >= 4 is 0 Å². The standard InChI is InChI=1S/C13H21N/c1-3-11-5-7-13(8-6-11)12(4-2)9-10-14/h5-8,12H,3-4,9-10,14H2,1-2H3. The van der Waals surface area contributed by atoms with E-state index in [1.165, 1.54) is 17.5 Å². The lowest BCUT2D eigenvalue weighted by Crippen LogP contribution is -2.06. The van der Waals surface area contributed by atoms with E-state index in [1.54, 1.807) is 0 Å². The molecule has 0 aliphatic rings. The Kier molecular flexibility index (Phi) is 4.68. The fraction of sp³-hybridized carbons (Fsp3) is 0.538. The molecule has 0 bridgehead atoms. The molecule has 0 radical (unpaired) electrons. The van der Waals surface area contributed by atoms with Gasteiger partial charge in [-0.25, -0.2) is 0 Å². The van der Waals surface area contributed by atoms with Crippen LogP contribution in [0.5, 0.6) is 0 Å². The molecular weight excluding hydrogens is 170 g/mol. The molecule has 0 aromatic heterocycles. The summed E-state index contributed by atoms with van der Waals surface area (Å²) >= 11 is 0. The molecular formula is C13H21N. The quantitative estimate of drug-likeness (QED) is 0.760. The molecule has 2 N–H and O–H groups in total. The average molecular weight is 191 g/mol. The van der Waals surface area contributed by atoms with Crippen LogP contribution in [-0.2, 0) is 6.42 Å². The fourth-order valence-electron chi connectivity index (χ4n) is 1.83. The highest BCUT2D eigenvalue weighted by atomic mass is 14.5. The van der Waals surface area contributed by atoms with Crippen molar-refractivity contribution in [2.75, 3.05) is 6.54 Å². The van der Waals surface area contributed by atoms with Gasteiger partial charge in [-0.05, 0) is 42.9 Å². The number of aryl methyl sites for hydroxylation is 1. The van der Waals surface area contributed by atoms with E-state index in [2.05, 4.69) is 38.1 Å². The van der Waals surface area contributed by atoms with Gasteiger partial charge in [0.2, 0.25) is 0 Å². The maximum Gasteiger partial charge on any atom is -0.00714 e. The number of hydrogen-bond donors (Lipinski definition) is 1. The van der Waals surface area contributed by atoms with Crippen molar-refractivity contribution in [2.24, 2.45) is 5.73 Å². The van der Waals surface area contributed by atoms with Gasteiger partial charge in [-0.3, -0.25) is 0 Å². The SMILES string of the molecule is CCc1ccc(C(CC)CCN)cc1. The molecule has 1 aromatic rings. The van der Waals surface area contributed by atoms with E-state index in [0.717, 1.165) is 19.4 Å². The van der Waals surface area contributed by atoms with Crippen LogP contribution in [0.15, 0.2) is 24.3 Å². The average Bonchev–Trinajstić information content (AvgIpc) is 2.26. The van der Waals surface area contributed by atoms with Gasteiger partial charge in [0.05, 0.1) is 0 Å². The zero-order chi connectivity index (χ0) is 10.4. The predicted molar refractivity (Wildman–Crippen MR) is 62.5 cm³/mol. The van der Waals surface area contributed by atoms with Crippen molar-refractivity contribution < 1.29 is 0 Å². The second kappa shape index (κ2) is 5.82. The zero-order valence-electron chi connectivity index (χ0n) is 9.29. The summed E-state index contributed by atoms with van der Waals surface area (Å²) in [5, 5.41) is 0. The minimum Gasteiger partial charge on any atom is -0.330 e. The summed E-state index contributed by atoms with van der Waals surface area (Å²) in [5.74, 6) is 0.644. The smallest absolute Gasteiger partial charge is 0.00714 e. The molecule has 0 heterocycles. The Morgan fingerprint density at radius 1 is 1.14 bits per heavy atom. The van der Waals surface area contributed by atoms with Crippen LogP contribution in [0, 0.1) is 0 Å². The molecule has 0 fully saturated rings. The highest BCUT2D eigenvalue weighted by Crippen LogP contribution is 2.22. The van der Waals surface area contributed by atoms with Gasteiger partial charge in [0.1, 0.15) is 0 Å². The molecule has 1 aromatic carbocycles.